The van der Waals surface area contributed by atoms with Crippen molar-refractivity contribution < 1.29 is 13.9 Å². The van der Waals surface area contributed by atoms with Gasteiger partial charge in [0.1, 0.15) is 5.75 Å². The number of carbonyl (C=O) groups is 1. The third-order valence-electron chi connectivity index (χ3n) is 4.64. The van der Waals surface area contributed by atoms with Crippen LogP contribution < -0.4 is 4.74 Å². The van der Waals surface area contributed by atoms with E-state index in [4.69, 9.17) is 32.4 Å². The largest absolute Gasteiger partial charge is 0.426 e. The monoisotopic (exact) mass is 431 g/mol. The van der Waals surface area contributed by atoms with E-state index in [9.17, 15) is 4.79 Å². The average Bonchev–Trinajstić information content (AvgIpc) is 3.16. The summed E-state index contributed by atoms with van der Waals surface area (Å²) in [6.45, 7) is 3.70. The molecule has 1 aromatic carbocycles. The number of amides is 1. The minimum absolute atomic E-state index is 0.148. The Balaban J connectivity index is 1.33. The molecule has 3 aromatic rings. The van der Waals surface area contributed by atoms with Crippen molar-refractivity contribution in [2.45, 2.75) is 6.54 Å². The van der Waals surface area contributed by atoms with Crippen molar-refractivity contribution in [2.24, 2.45) is 0 Å². The first-order chi connectivity index (χ1) is 14.1. The van der Waals surface area contributed by atoms with Crippen molar-refractivity contribution in [3.05, 3.63) is 76.2 Å². The van der Waals surface area contributed by atoms with Crippen molar-refractivity contribution in [1.82, 2.24) is 14.8 Å². The fourth-order valence-corrected chi connectivity index (χ4v) is 3.71. The topological polar surface area (TPSA) is 58.8 Å². The van der Waals surface area contributed by atoms with Crippen LogP contribution in [0.4, 0.5) is 0 Å². The predicted octanol–water partition coefficient (Wildman–Crippen LogP) is 4.73. The lowest BCUT2D eigenvalue weighted by atomic mass is 10.2. The van der Waals surface area contributed by atoms with Gasteiger partial charge < -0.3 is 14.1 Å². The molecule has 1 fully saturated rings. The lowest BCUT2D eigenvalue weighted by Crippen LogP contribution is -2.48. The number of carbonyl (C=O) groups excluding carboxylic acids is 1. The van der Waals surface area contributed by atoms with Crippen molar-refractivity contribution in [3.8, 4) is 11.7 Å². The van der Waals surface area contributed by atoms with Crippen LogP contribution in [0.15, 0.2) is 59.3 Å². The zero-order valence-electron chi connectivity index (χ0n) is 15.6. The van der Waals surface area contributed by atoms with Crippen molar-refractivity contribution in [2.75, 3.05) is 26.2 Å². The molecule has 8 heteroatoms. The number of hydrogen-bond acceptors (Lipinski definition) is 5. The van der Waals surface area contributed by atoms with Gasteiger partial charge in [-0.1, -0.05) is 29.3 Å². The SMILES string of the molecule is O=C(c1ccc(Oc2cc(Cl)cc(Cl)c2)o1)N1CCN(Cc2cccnc2)CC1. The van der Waals surface area contributed by atoms with Crippen LogP contribution in [0.2, 0.25) is 10.0 Å². The molecule has 0 atom stereocenters. The summed E-state index contributed by atoms with van der Waals surface area (Å²) in [6.07, 6.45) is 3.64. The van der Waals surface area contributed by atoms with Crippen LogP contribution in [-0.2, 0) is 6.54 Å². The number of piperazine rings is 1. The van der Waals surface area contributed by atoms with E-state index in [2.05, 4.69) is 16.0 Å². The normalized spacial score (nSPS) is 14.8. The second-order valence-electron chi connectivity index (χ2n) is 6.76. The first kappa shape index (κ1) is 19.8. The van der Waals surface area contributed by atoms with Crippen LogP contribution >= 0.6 is 23.2 Å². The van der Waals surface area contributed by atoms with Crippen LogP contribution in [0.1, 0.15) is 16.1 Å². The van der Waals surface area contributed by atoms with E-state index in [-0.39, 0.29) is 17.6 Å². The van der Waals surface area contributed by atoms with Crippen LogP contribution in [0.3, 0.4) is 0 Å². The van der Waals surface area contributed by atoms with Gasteiger partial charge in [0.05, 0.1) is 0 Å². The van der Waals surface area contributed by atoms with E-state index < -0.39 is 0 Å². The Kier molecular flexibility index (Phi) is 6.04. The standard InChI is InChI=1S/C21H19Cl2N3O3/c22-16-10-17(23)12-18(11-16)28-20-4-3-19(29-20)21(27)26-8-6-25(7-9-26)14-15-2-1-5-24-13-15/h1-5,10-13H,6-9,14H2. The molecule has 3 heterocycles. The predicted molar refractivity (Wildman–Crippen MR) is 111 cm³/mol. The van der Waals surface area contributed by atoms with Crippen molar-refractivity contribution in [3.63, 3.8) is 0 Å². The Morgan fingerprint density at radius 2 is 1.83 bits per heavy atom. The molecule has 2 aromatic heterocycles. The molecular weight excluding hydrogens is 413 g/mol. The van der Waals surface area contributed by atoms with Crippen molar-refractivity contribution >= 4 is 29.1 Å². The van der Waals surface area contributed by atoms with Gasteiger partial charge in [0, 0.05) is 61.2 Å². The molecular formula is C21H19Cl2N3O3. The molecule has 150 valence electrons. The Bertz CT molecular complexity index is 966. The van der Waals surface area contributed by atoms with E-state index >= 15 is 0 Å². The summed E-state index contributed by atoms with van der Waals surface area (Å²) >= 11 is 11.9. The van der Waals surface area contributed by atoms with Gasteiger partial charge in [-0.3, -0.25) is 14.7 Å². The molecule has 1 amide bonds. The molecule has 0 radical (unpaired) electrons. The van der Waals surface area contributed by atoms with Crippen LogP contribution in [-0.4, -0.2) is 46.9 Å². The summed E-state index contributed by atoms with van der Waals surface area (Å²) in [6, 6.07) is 12.1. The smallest absolute Gasteiger partial charge is 0.290 e. The number of pyridine rings is 1. The highest BCUT2D eigenvalue weighted by Crippen LogP contribution is 2.29. The quantitative estimate of drug-likeness (QED) is 0.584. The number of ether oxygens (including phenoxy) is 1. The molecule has 4 rings (SSSR count). The average molecular weight is 432 g/mol. The molecule has 1 aliphatic heterocycles. The molecule has 29 heavy (non-hydrogen) atoms. The molecule has 0 bridgehead atoms. The third-order valence-corrected chi connectivity index (χ3v) is 5.07. The van der Waals surface area contributed by atoms with Gasteiger partial charge in [0.25, 0.3) is 11.9 Å². The number of rotatable bonds is 5. The Labute approximate surface area is 178 Å². The van der Waals surface area contributed by atoms with E-state index in [0.717, 1.165) is 19.6 Å². The number of benzene rings is 1. The number of nitrogens with zero attached hydrogens (tertiary/aromatic N) is 3. The summed E-state index contributed by atoms with van der Waals surface area (Å²) in [7, 11) is 0. The molecule has 0 spiro atoms. The molecule has 0 aliphatic carbocycles. The maximum absolute atomic E-state index is 12.7. The zero-order chi connectivity index (χ0) is 20.2. The molecule has 6 nitrogen and oxygen atoms in total. The Hall–Kier alpha value is -2.54. The number of halogens is 2. The summed E-state index contributed by atoms with van der Waals surface area (Å²) < 4.78 is 11.2. The molecule has 0 saturated carbocycles. The highest BCUT2D eigenvalue weighted by Gasteiger charge is 2.24. The summed E-state index contributed by atoms with van der Waals surface area (Å²) in [4.78, 5) is 21.0. The van der Waals surface area contributed by atoms with Gasteiger partial charge >= 0.3 is 0 Å². The maximum atomic E-state index is 12.7. The van der Waals surface area contributed by atoms with Crippen molar-refractivity contribution in [1.29, 1.82) is 0 Å². The first-order valence-electron chi connectivity index (χ1n) is 9.21. The first-order valence-corrected chi connectivity index (χ1v) is 9.97. The van der Waals surface area contributed by atoms with E-state index in [1.807, 2.05) is 12.3 Å². The minimum atomic E-state index is -0.148. The Morgan fingerprint density at radius 3 is 2.52 bits per heavy atom. The van der Waals surface area contributed by atoms with Gasteiger partial charge in [-0.15, -0.1) is 0 Å². The minimum Gasteiger partial charge on any atom is -0.426 e. The lowest BCUT2D eigenvalue weighted by molar-refractivity contribution is 0.0593. The molecule has 0 N–H and O–H groups in total. The molecule has 0 unspecified atom stereocenters. The fraction of sp³-hybridized carbons (Fsp3) is 0.238. The van der Waals surface area contributed by atoms with Crippen LogP contribution in [0.5, 0.6) is 11.7 Å². The van der Waals surface area contributed by atoms with E-state index in [1.54, 1.807) is 41.4 Å². The lowest BCUT2D eigenvalue weighted by Gasteiger charge is -2.34. The maximum Gasteiger partial charge on any atom is 0.290 e. The van der Waals surface area contributed by atoms with E-state index in [0.29, 0.717) is 28.9 Å². The third kappa shape index (κ3) is 5.09. The Morgan fingerprint density at radius 1 is 1.07 bits per heavy atom. The fourth-order valence-electron chi connectivity index (χ4n) is 3.21. The van der Waals surface area contributed by atoms with Gasteiger partial charge in [0.2, 0.25) is 0 Å². The van der Waals surface area contributed by atoms with Gasteiger partial charge in [-0.25, -0.2) is 0 Å². The second kappa shape index (κ2) is 8.86. The van der Waals surface area contributed by atoms with Crippen LogP contribution in [0, 0.1) is 0 Å². The highest BCUT2D eigenvalue weighted by molar-refractivity contribution is 6.34. The van der Waals surface area contributed by atoms with E-state index in [1.165, 1.54) is 5.56 Å². The second-order valence-corrected chi connectivity index (χ2v) is 7.63. The van der Waals surface area contributed by atoms with Crippen LogP contribution in [0.25, 0.3) is 0 Å². The summed E-state index contributed by atoms with van der Waals surface area (Å²) in [5, 5.41) is 0.916. The van der Waals surface area contributed by atoms with Gasteiger partial charge in [-0.2, -0.15) is 0 Å². The molecule has 1 saturated heterocycles. The number of aromatic nitrogens is 1. The van der Waals surface area contributed by atoms with Gasteiger partial charge in [-0.05, 0) is 35.9 Å². The summed E-state index contributed by atoms with van der Waals surface area (Å²) in [5.74, 6) is 0.751. The summed E-state index contributed by atoms with van der Waals surface area (Å²) in [5.41, 5.74) is 1.17. The van der Waals surface area contributed by atoms with Gasteiger partial charge in [0.15, 0.2) is 5.76 Å². The highest BCUT2D eigenvalue weighted by atomic mass is 35.5. The zero-order valence-corrected chi connectivity index (χ0v) is 17.1. The number of furan rings is 1. The number of hydrogen-bond donors (Lipinski definition) is 0. The molecule has 1 aliphatic rings.